The lowest BCUT2D eigenvalue weighted by atomic mass is 9.76. The van der Waals surface area contributed by atoms with Gasteiger partial charge in [0.2, 0.25) is 0 Å². The monoisotopic (exact) mass is 541 g/mol. The molecule has 1 heterocycles. The summed E-state index contributed by atoms with van der Waals surface area (Å²) in [5.74, 6) is -0.835. The van der Waals surface area contributed by atoms with Crippen molar-refractivity contribution in [2.45, 2.75) is 60.3 Å². The first-order valence-corrected chi connectivity index (χ1v) is 14.0. The van der Waals surface area contributed by atoms with Gasteiger partial charge in [-0.25, -0.2) is 4.39 Å². The maximum absolute atomic E-state index is 13.7. The Morgan fingerprint density at radius 1 is 1.18 bits per heavy atom. The van der Waals surface area contributed by atoms with Crippen LogP contribution in [-0.4, -0.2) is 36.0 Å². The molecule has 0 bridgehead atoms. The van der Waals surface area contributed by atoms with Gasteiger partial charge in [0.25, 0.3) is 5.91 Å². The van der Waals surface area contributed by atoms with Crippen molar-refractivity contribution in [2.24, 2.45) is 21.7 Å². The van der Waals surface area contributed by atoms with Crippen molar-refractivity contribution in [3.8, 4) is 11.1 Å². The predicted molar refractivity (Wildman–Crippen MR) is 160 cm³/mol. The number of amides is 1. The second-order valence-electron chi connectivity index (χ2n) is 12.5. The van der Waals surface area contributed by atoms with Gasteiger partial charge in [0, 0.05) is 43.3 Å². The number of hydrogen-bond donors (Lipinski definition) is 1. The molecule has 1 amide bonds. The molecule has 1 N–H and O–H groups in total. The standard InChI is InChI=1S/C34H40FN3O2/c1-22(2)30(31(36-6)32(40)38-21-33(3,4)5)28(27-14-15-34(16-17-34)19-29(27)39)13-12-26-11-10-24(20-37-26)23-8-7-9-25(35)18-23/h7-14,18,20,28H,15-17,19,21H2,1-6H3,(H,38,40)/b13-12+,36-31+. The maximum Gasteiger partial charge on any atom is 0.269 e. The topological polar surface area (TPSA) is 71.4 Å². The van der Waals surface area contributed by atoms with Crippen LogP contribution in [0.2, 0.25) is 0 Å². The average molecular weight is 542 g/mol. The van der Waals surface area contributed by atoms with Crippen LogP contribution in [0.5, 0.6) is 0 Å². The van der Waals surface area contributed by atoms with Crippen molar-refractivity contribution in [3.05, 3.63) is 83.0 Å². The van der Waals surface area contributed by atoms with Gasteiger partial charge in [0.15, 0.2) is 5.78 Å². The van der Waals surface area contributed by atoms with E-state index in [2.05, 4.69) is 42.1 Å². The Bertz CT molecular complexity index is 1400. The number of carbonyl (C=O) groups excluding carboxylic acids is 2. The van der Waals surface area contributed by atoms with Gasteiger partial charge in [-0.1, -0.05) is 56.7 Å². The molecule has 1 unspecified atom stereocenters. The van der Waals surface area contributed by atoms with Gasteiger partial charge in [0.05, 0.1) is 5.69 Å². The largest absolute Gasteiger partial charge is 0.350 e. The number of ketones is 1. The molecule has 0 aliphatic heterocycles. The Labute approximate surface area is 237 Å². The van der Waals surface area contributed by atoms with Crippen molar-refractivity contribution >= 4 is 23.5 Å². The molecule has 2 aliphatic rings. The van der Waals surface area contributed by atoms with Crippen LogP contribution < -0.4 is 5.32 Å². The third-order valence-corrected chi connectivity index (χ3v) is 7.63. The summed E-state index contributed by atoms with van der Waals surface area (Å²) in [5, 5.41) is 3.03. The zero-order valence-electron chi connectivity index (χ0n) is 24.5. The lowest BCUT2D eigenvalue weighted by molar-refractivity contribution is -0.117. The molecular weight excluding hydrogens is 501 g/mol. The second kappa shape index (κ2) is 11.8. The SMILES string of the molecule is C/N=C(/C(=O)NCC(C)(C)C)C(=C(C)C)C(/C=C/c1ccc(-c2cccc(F)c2)cn1)C1=CCC2(CC2)CC1=O. The van der Waals surface area contributed by atoms with E-state index in [1.807, 2.05) is 44.2 Å². The smallest absolute Gasteiger partial charge is 0.269 e. The van der Waals surface area contributed by atoms with Crippen LogP contribution in [0.15, 0.2) is 76.5 Å². The summed E-state index contributed by atoms with van der Waals surface area (Å²) in [6, 6.07) is 10.2. The third kappa shape index (κ3) is 7.09. The highest BCUT2D eigenvalue weighted by molar-refractivity contribution is 6.45. The van der Waals surface area contributed by atoms with Crippen LogP contribution in [0.3, 0.4) is 0 Å². The number of rotatable bonds is 8. The van der Waals surface area contributed by atoms with E-state index in [9.17, 15) is 14.0 Å². The highest BCUT2D eigenvalue weighted by Crippen LogP contribution is 2.55. The summed E-state index contributed by atoms with van der Waals surface area (Å²) >= 11 is 0. The molecule has 2 aromatic rings. The van der Waals surface area contributed by atoms with E-state index < -0.39 is 5.92 Å². The molecule has 1 aromatic carbocycles. The number of hydrogen-bond acceptors (Lipinski definition) is 4. The number of Topliss-reactive ketones (excluding diaryl/α,β-unsaturated/α-hetero) is 1. The molecule has 4 rings (SSSR count). The van der Waals surface area contributed by atoms with Crippen LogP contribution >= 0.6 is 0 Å². The average Bonchev–Trinajstić information content (AvgIpc) is 3.65. The number of allylic oxidation sites excluding steroid dienone is 4. The van der Waals surface area contributed by atoms with E-state index in [0.717, 1.165) is 41.5 Å². The minimum absolute atomic E-state index is 0.0806. The Balaban J connectivity index is 1.69. The van der Waals surface area contributed by atoms with Crippen LogP contribution in [0.1, 0.15) is 66.0 Å². The van der Waals surface area contributed by atoms with E-state index in [4.69, 9.17) is 0 Å². The van der Waals surface area contributed by atoms with Gasteiger partial charge in [-0.15, -0.1) is 0 Å². The third-order valence-electron chi connectivity index (χ3n) is 7.63. The lowest BCUT2D eigenvalue weighted by Crippen LogP contribution is -2.39. The summed E-state index contributed by atoms with van der Waals surface area (Å²) in [6.45, 7) is 10.6. The number of aliphatic imine (C=N–C) groups is 1. The Morgan fingerprint density at radius 2 is 1.93 bits per heavy atom. The Hall–Kier alpha value is -3.67. The minimum Gasteiger partial charge on any atom is -0.350 e. The normalized spacial score (nSPS) is 17.5. The lowest BCUT2D eigenvalue weighted by Gasteiger charge is -2.28. The molecule has 1 atom stereocenters. The summed E-state index contributed by atoms with van der Waals surface area (Å²) in [5.41, 5.74) is 5.05. The fraction of sp³-hybridized carbons (Fsp3) is 0.412. The Kier molecular flexibility index (Phi) is 8.67. The number of pyridine rings is 1. The molecule has 210 valence electrons. The van der Waals surface area contributed by atoms with Crippen LogP contribution in [0.4, 0.5) is 4.39 Å². The van der Waals surface area contributed by atoms with E-state index in [1.165, 1.54) is 12.1 Å². The molecule has 0 radical (unpaired) electrons. The maximum atomic E-state index is 13.7. The van der Waals surface area contributed by atoms with Crippen molar-refractivity contribution in [1.29, 1.82) is 0 Å². The fourth-order valence-corrected chi connectivity index (χ4v) is 5.17. The number of nitrogens with one attached hydrogen (secondary N) is 1. The fourth-order valence-electron chi connectivity index (χ4n) is 5.17. The summed E-state index contributed by atoms with van der Waals surface area (Å²) in [7, 11) is 1.62. The van der Waals surface area contributed by atoms with E-state index in [0.29, 0.717) is 29.9 Å². The van der Waals surface area contributed by atoms with Crippen LogP contribution in [0, 0.1) is 22.6 Å². The zero-order chi connectivity index (χ0) is 29.1. The minimum atomic E-state index is -0.433. The van der Waals surface area contributed by atoms with Gasteiger partial charge in [-0.2, -0.15) is 0 Å². The molecule has 1 saturated carbocycles. The first kappa shape index (κ1) is 29.3. The van der Waals surface area contributed by atoms with Crippen molar-refractivity contribution in [1.82, 2.24) is 10.3 Å². The Morgan fingerprint density at radius 3 is 2.48 bits per heavy atom. The summed E-state index contributed by atoms with van der Waals surface area (Å²) in [6.07, 6.45) is 11.3. The first-order chi connectivity index (χ1) is 18.9. The molecule has 0 saturated heterocycles. The highest BCUT2D eigenvalue weighted by Gasteiger charge is 2.47. The molecule has 1 fully saturated rings. The molecule has 1 spiro atoms. The molecule has 2 aliphatic carbocycles. The number of carbonyl (C=O) groups is 2. The molecule has 6 heteroatoms. The van der Waals surface area contributed by atoms with Gasteiger partial charge in [-0.3, -0.25) is 19.6 Å². The first-order valence-electron chi connectivity index (χ1n) is 14.0. The van der Waals surface area contributed by atoms with Crippen molar-refractivity contribution in [3.63, 3.8) is 0 Å². The summed E-state index contributed by atoms with van der Waals surface area (Å²) < 4.78 is 13.7. The predicted octanol–water partition coefficient (Wildman–Crippen LogP) is 7.16. The number of halogens is 1. The molecular formula is C34H40FN3O2. The molecule has 5 nitrogen and oxygen atoms in total. The number of aromatic nitrogens is 1. The van der Waals surface area contributed by atoms with Gasteiger partial charge < -0.3 is 5.32 Å². The van der Waals surface area contributed by atoms with Gasteiger partial charge in [-0.05, 0) is 79.4 Å². The van der Waals surface area contributed by atoms with Gasteiger partial charge >= 0.3 is 0 Å². The number of benzene rings is 1. The van der Waals surface area contributed by atoms with Crippen LogP contribution in [0.25, 0.3) is 17.2 Å². The van der Waals surface area contributed by atoms with Crippen LogP contribution in [-0.2, 0) is 9.59 Å². The number of nitrogens with zero attached hydrogens (tertiary/aromatic N) is 2. The van der Waals surface area contributed by atoms with E-state index in [-0.39, 0.29) is 28.3 Å². The quantitative estimate of drug-likeness (QED) is 0.361. The van der Waals surface area contributed by atoms with Crippen molar-refractivity contribution < 1.29 is 14.0 Å². The van der Waals surface area contributed by atoms with Gasteiger partial charge in [0.1, 0.15) is 11.5 Å². The molecule has 1 aromatic heterocycles. The zero-order valence-corrected chi connectivity index (χ0v) is 24.5. The highest BCUT2D eigenvalue weighted by atomic mass is 19.1. The van der Waals surface area contributed by atoms with E-state index in [1.54, 1.807) is 19.3 Å². The second-order valence-corrected chi connectivity index (χ2v) is 12.5. The molecule has 40 heavy (non-hydrogen) atoms. The van der Waals surface area contributed by atoms with E-state index >= 15 is 0 Å². The summed E-state index contributed by atoms with van der Waals surface area (Å²) in [4.78, 5) is 35.9. The van der Waals surface area contributed by atoms with Crippen molar-refractivity contribution in [2.75, 3.05) is 13.6 Å².